The van der Waals surface area contributed by atoms with Crippen LogP contribution in [0, 0.1) is 0 Å². The van der Waals surface area contributed by atoms with Gasteiger partial charge in [-0.1, -0.05) is 0 Å². The SMILES string of the molecule is CO[C@H]1CN(CC(=O)O)C[C@@H]1OC. The number of nitrogens with zero attached hydrogens (tertiary/aromatic N) is 1. The van der Waals surface area contributed by atoms with Gasteiger partial charge in [-0.3, -0.25) is 9.69 Å². The highest BCUT2D eigenvalue weighted by molar-refractivity contribution is 5.69. The lowest BCUT2D eigenvalue weighted by Gasteiger charge is -2.13. The molecule has 0 aliphatic carbocycles. The topological polar surface area (TPSA) is 59.0 Å². The molecule has 76 valence electrons. The fourth-order valence-electron chi connectivity index (χ4n) is 1.59. The van der Waals surface area contributed by atoms with Gasteiger partial charge in [0.2, 0.25) is 0 Å². The lowest BCUT2D eigenvalue weighted by molar-refractivity contribution is -0.138. The molecule has 0 aromatic heterocycles. The van der Waals surface area contributed by atoms with Crippen molar-refractivity contribution in [3.63, 3.8) is 0 Å². The molecule has 5 heteroatoms. The number of aliphatic carboxylic acids is 1. The van der Waals surface area contributed by atoms with Gasteiger partial charge in [-0.2, -0.15) is 0 Å². The zero-order valence-electron chi connectivity index (χ0n) is 7.90. The molecule has 0 aromatic carbocycles. The van der Waals surface area contributed by atoms with Crippen molar-refractivity contribution in [2.45, 2.75) is 12.2 Å². The van der Waals surface area contributed by atoms with Crippen LogP contribution in [-0.2, 0) is 14.3 Å². The third-order valence-corrected chi connectivity index (χ3v) is 2.26. The van der Waals surface area contributed by atoms with E-state index in [0.29, 0.717) is 13.1 Å². The third-order valence-electron chi connectivity index (χ3n) is 2.26. The first-order valence-electron chi connectivity index (χ1n) is 4.17. The van der Waals surface area contributed by atoms with Crippen LogP contribution in [0.3, 0.4) is 0 Å². The molecule has 1 aliphatic rings. The molecule has 1 heterocycles. The summed E-state index contributed by atoms with van der Waals surface area (Å²) >= 11 is 0. The van der Waals surface area contributed by atoms with Gasteiger partial charge in [0.25, 0.3) is 0 Å². The summed E-state index contributed by atoms with van der Waals surface area (Å²) in [6, 6.07) is 0. The zero-order chi connectivity index (χ0) is 9.84. The second kappa shape index (κ2) is 4.55. The smallest absolute Gasteiger partial charge is 0.317 e. The van der Waals surface area contributed by atoms with Crippen molar-refractivity contribution >= 4 is 5.97 Å². The van der Waals surface area contributed by atoms with Crippen LogP contribution in [0.4, 0.5) is 0 Å². The summed E-state index contributed by atoms with van der Waals surface area (Å²) in [4.78, 5) is 12.2. The highest BCUT2D eigenvalue weighted by Crippen LogP contribution is 2.14. The van der Waals surface area contributed by atoms with Crippen LogP contribution in [0.2, 0.25) is 0 Å². The van der Waals surface area contributed by atoms with E-state index in [1.807, 2.05) is 4.90 Å². The number of ether oxygens (including phenoxy) is 2. The Balaban J connectivity index is 2.43. The van der Waals surface area contributed by atoms with E-state index in [-0.39, 0.29) is 18.8 Å². The largest absolute Gasteiger partial charge is 0.480 e. The van der Waals surface area contributed by atoms with Crippen molar-refractivity contribution in [1.82, 2.24) is 4.90 Å². The van der Waals surface area contributed by atoms with Gasteiger partial charge in [0, 0.05) is 27.3 Å². The van der Waals surface area contributed by atoms with Gasteiger partial charge < -0.3 is 14.6 Å². The Bertz CT molecular complexity index is 173. The molecule has 0 saturated carbocycles. The van der Waals surface area contributed by atoms with Gasteiger partial charge in [-0.15, -0.1) is 0 Å². The highest BCUT2D eigenvalue weighted by Gasteiger charge is 2.33. The van der Waals surface area contributed by atoms with E-state index in [1.165, 1.54) is 0 Å². The summed E-state index contributed by atoms with van der Waals surface area (Å²) in [5.74, 6) is -0.813. The molecule has 0 spiro atoms. The first kappa shape index (κ1) is 10.4. The molecule has 13 heavy (non-hydrogen) atoms. The summed E-state index contributed by atoms with van der Waals surface area (Å²) < 4.78 is 10.3. The molecule has 1 saturated heterocycles. The maximum absolute atomic E-state index is 10.4. The number of hydrogen-bond acceptors (Lipinski definition) is 4. The van der Waals surface area contributed by atoms with Gasteiger partial charge >= 0.3 is 5.97 Å². The molecule has 5 nitrogen and oxygen atoms in total. The fourth-order valence-corrected chi connectivity index (χ4v) is 1.59. The Labute approximate surface area is 77.2 Å². The molecule has 0 aromatic rings. The summed E-state index contributed by atoms with van der Waals surface area (Å²) in [6.07, 6.45) is -0.0197. The van der Waals surface area contributed by atoms with Crippen LogP contribution >= 0.6 is 0 Å². The predicted octanol–water partition coefficient (Wildman–Crippen LogP) is -0.583. The van der Waals surface area contributed by atoms with Crippen molar-refractivity contribution in [3.05, 3.63) is 0 Å². The number of carboxylic acid groups (broad SMARTS) is 1. The molecule has 1 rings (SSSR count). The number of hydrogen-bond donors (Lipinski definition) is 1. The normalized spacial score (nSPS) is 29.4. The van der Waals surface area contributed by atoms with Gasteiger partial charge in [-0.25, -0.2) is 0 Å². The predicted molar refractivity (Wildman–Crippen MR) is 45.7 cm³/mol. The summed E-state index contributed by atoms with van der Waals surface area (Å²) in [6.45, 7) is 1.31. The summed E-state index contributed by atoms with van der Waals surface area (Å²) in [5, 5.41) is 8.57. The van der Waals surface area contributed by atoms with Crippen LogP contribution in [0.5, 0.6) is 0 Å². The molecular formula is C8H15NO4. The molecular weight excluding hydrogens is 174 g/mol. The van der Waals surface area contributed by atoms with Crippen LogP contribution in [-0.4, -0.2) is 62.0 Å². The van der Waals surface area contributed by atoms with E-state index in [9.17, 15) is 4.79 Å². The van der Waals surface area contributed by atoms with Crippen molar-refractivity contribution in [2.24, 2.45) is 0 Å². The highest BCUT2D eigenvalue weighted by atomic mass is 16.5. The number of methoxy groups -OCH3 is 2. The van der Waals surface area contributed by atoms with E-state index in [2.05, 4.69) is 0 Å². The first-order valence-corrected chi connectivity index (χ1v) is 4.17. The van der Waals surface area contributed by atoms with Gasteiger partial charge in [-0.05, 0) is 0 Å². The zero-order valence-corrected chi connectivity index (χ0v) is 7.90. The fraction of sp³-hybridized carbons (Fsp3) is 0.875. The molecule has 0 amide bonds. The van der Waals surface area contributed by atoms with Gasteiger partial charge in [0.15, 0.2) is 0 Å². The Morgan fingerprint density at radius 2 is 1.85 bits per heavy atom. The van der Waals surface area contributed by atoms with E-state index in [4.69, 9.17) is 14.6 Å². The number of carboxylic acids is 1. The van der Waals surface area contributed by atoms with Crippen molar-refractivity contribution in [3.8, 4) is 0 Å². The van der Waals surface area contributed by atoms with Crippen LogP contribution in [0.1, 0.15) is 0 Å². The van der Waals surface area contributed by atoms with Crippen LogP contribution in [0.15, 0.2) is 0 Å². The van der Waals surface area contributed by atoms with E-state index in [1.54, 1.807) is 14.2 Å². The third kappa shape index (κ3) is 2.65. The van der Waals surface area contributed by atoms with Crippen LogP contribution < -0.4 is 0 Å². The number of rotatable bonds is 4. The van der Waals surface area contributed by atoms with Crippen molar-refractivity contribution in [2.75, 3.05) is 33.9 Å². The molecule has 0 radical (unpaired) electrons. The summed E-state index contributed by atoms with van der Waals surface area (Å²) in [5.41, 5.74) is 0. The number of likely N-dealkylation sites (tertiary alicyclic amines) is 1. The minimum atomic E-state index is -0.813. The Kier molecular flexibility index (Phi) is 3.65. The van der Waals surface area contributed by atoms with Crippen molar-refractivity contribution < 1.29 is 19.4 Å². The Hall–Kier alpha value is -0.650. The van der Waals surface area contributed by atoms with E-state index in [0.717, 1.165) is 0 Å². The monoisotopic (exact) mass is 189 g/mol. The van der Waals surface area contributed by atoms with E-state index >= 15 is 0 Å². The lowest BCUT2D eigenvalue weighted by atomic mass is 10.3. The average molecular weight is 189 g/mol. The van der Waals surface area contributed by atoms with Gasteiger partial charge in [0.1, 0.15) is 0 Å². The van der Waals surface area contributed by atoms with E-state index < -0.39 is 5.97 Å². The molecule has 1 N–H and O–H groups in total. The number of carbonyl (C=O) groups is 1. The maximum atomic E-state index is 10.4. The second-order valence-electron chi connectivity index (χ2n) is 3.14. The molecule has 0 bridgehead atoms. The average Bonchev–Trinajstić information content (AvgIpc) is 2.45. The van der Waals surface area contributed by atoms with Gasteiger partial charge in [0.05, 0.1) is 18.8 Å². The minimum Gasteiger partial charge on any atom is -0.480 e. The molecule has 1 fully saturated rings. The molecule has 1 aliphatic heterocycles. The van der Waals surface area contributed by atoms with Crippen molar-refractivity contribution in [1.29, 1.82) is 0 Å². The Morgan fingerprint density at radius 3 is 2.15 bits per heavy atom. The quantitative estimate of drug-likeness (QED) is 0.641. The second-order valence-corrected chi connectivity index (χ2v) is 3.14. The minimum absolute atomic E-state index is 0.00986. The molecule has 0 unspecified atom stereocenters. The summed E-state index contributed by atoms with van der Waals surface area (Å²) in [7, 11) is 3.22. The molecule has 2 atom stereocenters. The standard InChI is InChI=1S/C8H15NO4/c1-12-6-3-9(5-8(10)11)4-7(6)13-2/h6-7H,3-5H2,1-2H3,(H,10,11)/t6-,7-/m0/s1. The maximum Gasteiger partial charge on any atom is 0.317 e. The van der Waals surface area contributed by atoms with Crippen LogP contribution in [0.25, 0.3) is 0 Å². The first-order chi connectivity index (χ1) is 6.17. The Morgan fingerprint density at radius 1 is 1.38 bits per heavy atom. The lowest BCUT2D eigenvalue weighted by Crippen LogP contribution is -2.28.